The third kappa shape index (κ3) is 4.02. The van der Waals surface area contributed by atoms with Gasteiger partial charge < -0.3 is 14.6 Å². The number of hydrogen-bond acceptors (Lipinski definition) is 5. The van der Waals surface area contributed by atoms with Gasteiger partial charge in [-0.05, 0) is 19.8 Å². The largest absolute Gasteiger partial charge is 0.377 e. The molecule has 0 bridgehead atoms. The number of nitrogens with one attached hydrogen (secondary N) is 1. The molecule has 0 radical (unpaired) electrons. The molecular weight excluding hydrogens is 246 g/mol. The Morgan fingerprint density at radius 1 is 1.53 bits per heavy atom. The highest BCUT2D eigenvalue weighted by molar-refractivity contribution is 5.79. The number of rotatable bonds is 6. The quantitative estimate of drug-likeness (QED) is 0.844. The second-order valence-electron chi connectivity index (χ2n) is 5.13. The Kier molecular flexibility index (Phi) is 4.90. The van der Waals surface area contributed by atoms with E-state index in [1.807, 2.05) is 6.92 Å². The number of carbonyl (C=O) groups is 1. The predicted molar refractivity (Wildman–Crippen MR) is 68.3 cm³/mol. The van der Waals surface area contributed by atoms with Crippen molar-refractivity contribution in [3.63, 3.8) is 0 Å². The van der Waals surface area contributed by atoms with E-state index in [2.05, 4.69) is 15.5 Å². The molecule has 19 heavy (non-hydrogen) atoms. The minimum atomic E-state index is 0.00365. The van der Waals surface area contributed by atoms with E-state index in [1.54, 1.807) is 7.11 Å². The first-order chi connectivity index (χ1) is 9.19. The number of amides is 1. The molecule has 0 unspecified atom stereocenters. The van der Waals surface area contributed by atoms with Gasteiger partial charge in [0.05, 0.1) is 0 Å². The number of nitrogens with zero attached hydrogens (tertiary/aromatic N) is 2. The van der Waals surface area contributed by atoms with Gasteiger partial charge >= 0.3 is 0 Å². The Bertz CT molecular complexity index is 413. The molecule has 1 N–H and O–H groups in total. The van der Waals surface area contributed by atoms with Crippen LogP contribution in [0.5, 0.6) is 0 Å². The van der Waals surface area contributed by atoms with Gasteiger partial charge in [-0.3, -0.25) is 4.79 Å². The van der Waals surface area contributed by atoms with Crippen LogP contribution in [0.2, 0.25) is 0 Å². The molecule has 2 rings (SSSR count). The van der Waals surface area contributed by atoms with Crippen molar-refractivity contribution in [3.05, 3.63) is 11.7 Å². The fourth-order valence-corrected chi connectivity index (χ4v) is 2.42. The number of carbonyl (C=O) groups excluding carboxylic acids is 1. The van der Waals surface area contributed by atoms with E-state index in [0.29, 0.717) is 24.7 Å². The Morgan fingerprint density at radius 3 is 2.95 bits per heavy atom. The van der Waals surface area contributed by atoms with Gasteiger partial charge in [-0.15, -0.1) is 0 Å². The lowest BCUT2D eigenvalue weighted by Crippen LogP contribution is -2.37. The van der Waals surface area contributed by atoms with E-state index in [4.69, 9.17) is 9.26 Å². The van der Waals surface area contributed by atoms with Crippen molar-refractivity contribution >= 4 is 5.91 Å². The average Bonchev–Trinajstić information content (AvgIpc) is 3.00. The van der Waals surface area contributed by atoms with Gasteiger partial charge in [-0.25, -0.2) is 0 Å². The van der Waals surface area contributed by atoms with E-state index >= 15 is 0 Å². The Balaban J connectivity index is 1.79. The van der Waals surface area contributed by atoms with Crippen LogP contribution in [0.15, 0.2) is 4.52 Å². The maximum Gasteiger partial charge on any atom is 0.228 e. The molecule has 0 aromatic carbocycles. The third-order valence-corrected chi connectivity index (χ3v) is 3.38. The molecule has 1 atom stereocenters. The number of methoxy groups -OCH3 is 1. The van der Waals surface area contributed by atoms with Crippen molar-refractivity contribution in [2.75, 3.05) is 7.11 Å². The first kappa shape index (κ1) is 14.0. The molecule has 1 aliphatic rings. The molecule has 0 saturated heterocycles. The van der Waals surface area contributed by atoms with Gasteiger partial charge in [-0.2, -0.15) is 4.98 Å². The molecular formula is C13H21N3O3. The second-order valence-corrected chi connectivity index (χ2v) is 5.13. The summed E-state index contributed by atoms with van der Waals surface area (Å²) >= 11 is 0. The predicted octanol–water partition coefficient (Wildman–Crippen LogP) is 1.45. The van der Waals surface area contributed by atoms with E-state index in [9.17, 15) is 4.79 Å². The lowest BCUT2D eigenvalue weighted by atomic mass is 10.1. The minimum absolute atomic E-state index is 0.00365. The van der Waals surface area contributed by atoms with Crippen molar-refractivity contribution in [3.8, 4) is 0 Å². The molecule has 0 spiro atoms. The summed E-state index contributed by atoms with van der Waals surface area (Å²) in [7, 11) is 1.58. The zero-order valence-corrected chi connectivity index (χ0v) is 11.5. The van der Waals surface area contributed by atoms with Crippen LogP contribution in [0, 0.1) is 5.92 Å². The van der Waals surface area contributed by atoms with Gasteiger partial charge in [0.1, 0.15) is 6.61 Å². The second kappa shape index (κ2) is 6.65. The summed E-state index contributed by atoms with van der Waals surface area (Å²) in [5.74, 6) is 1.41. The fourth-order valence-electron chi connectivity index (χ4n) is 2.42. The number of ether oxygens (including phenoxy) is 1. The zero-order valence-electron chi connectivity index (χ0n) is 11.5. The van der Waals surface area contributed by atoms with Crippen molar-refractivity contribution in [1.29, 1.82) is 0 Å². The molecule has 0 aliphatic heterocycles. The standard InChI is InChI=1S/C13H21N3O3/c1-9(14-13(17)10-5-3-4-6-10)7-12-15-11(8-18-2)16-19-12/h9-10H,3-8H2,1-2H3,(H,14,17)/t9-/m1/s1. The SMILES string of the molecule is COCc1noc(C[C@@H](C)NC(=O)C2CCCC2)n1. The molecule has 106 valence electrons. The molecule has 1 saturated carbocycles. The first-order valence-corrected chi connectivity index (χ1v) is 6.80. The van der Waals surface area contributed by atoms with Crippen LogP contribution < -0.4 is 5.32 Å². The lowest BCUT2D eigenvalue weighted by Gasteiger charge is -2.15. The van der Waals surface area contributed by atoms with Crippen LogP contribution in [-0.4, -0.2) is 29.2 Å². The summed E-state index contributed by atoms with van der Waals surface area (Å²) in [6.07, 6.45) is 4.90. The first-order valence-electron chi connectivity index (χ1n) is 6.80. The maximum absolute atomic E-state index is 12.0. The third-order valence-electron chi connectivity index (χ3n) is 3.38. The molecule has 1 fully saturated rings. The minimum Gasteiger partial charge on any atom is -0.377 e. The Morgan fingerprint density at radius 2 is 2.26 bits per heavy atom. The monoisotopic (exact) mass is 267 g/mol. The summed E-state index contributed by atoms with van der Waals surface area (Å²) in [4.78, 5) is 16.1. The maximum atomic E-state index is 12.0. The van der Waals surface area contributed by atoms with E-state index < -0.39 is 0 Å². The lowest BCUT2D eigenvalue weighted by molar-refractivity contribution is -0.125. The molecule has 1 amide bonds. The topological polar surface area (TPSA) is 77.3 Å². The summed E-state index contributed by atoms with van der Waals surface area (Å²) in [6, 6.07) is 0.00365. The van der Waals surface area contributed by atoms with Gasteiger partial charge in [0, 0.05) is 25.5 Å². The van der Waals surface area contributed by atoms with Gasteiger partial charge in [0.15, 0.2) is 5.82 Å². The number of aromatic nitrogens is 2. The van der Waals surface area contributed by atoms with Crippen LogP contribution in [0.25, 0.3) is 0 Å². The molecule has 6 heteroatoms. The van der Waals surface area contributed by atoms with Gasteiger partial charge in [0.2, 0.25) is 11.8 Å². The van der Waals surface area contributed by atoms with Gasteiger partial charge in [-0.1, -0.05) is 18.0 Å². The molecule has 6 nitrogen and oxygen atoms in total. The van der Waals surface area contributed by atoms with Crippen molar-refractivity contribution in [1.82, 2.24) is 15.5 Å². The molecule has 1 aliphatic carbocycles. The fraction of sp³-hybridized carbons (Fsp3) is 0.769. The van der Waals surface area contributed by atoms with Crippen LogP contribution in [0.3, 0.4) is 0 Å². The van der Waals surface area contributed by atoms with Crippen molar-refractivity contribution in [2.45, 2.75) is 51.7 Å². The van der Waals surface area contributed by atoms with Crippen LogP contribution in [0.4, 0.5) is 0 Å². The van der Waals surface area contributed by atoms with E-state index in [1.165, 1.54) is 0 Å². The van der Waals surface area contributed by atoms with Crippen molar-refractivity contribution < 1.29 is 14.1 Å². The molecule has 1 aromatic rings. The molecule has 1 heterocycles. The highest BCUT2D eigenvalue weighted by Gasteiger charge is 2.24. The highest BCUT2D eigenvalue weighted by Crippen LogP contribution is 2.24. The summed E-state index contributed by atoms with van der Waals surface area (Å²) in [5.41, 5.74) is 0. The van der Waals surface area contributed by atoms with Crippen LogP contribution in [0.1, 0.15) is 44.3 Å². The summed E-state index contributed by atoms with van der Waals surface area (Å²) in [5, 5.41) is 6.81. The van der Waals surface area contributed by atoms with Crippen LogP contribution >= 0.6 is 0 Å². The van der Waals surface area contributed by atoms with E-state index in [0.717, 1.165) is 25.7 Å². The van der Waals surface area contributed by atoms with Crippen LogP contribution in [-0.2, 0) is 22.6 Å². The van der Waals surface area contributed by atoms with Gasteiger partial charge in [0.25, 0.3) is 0 Å². The summed E-state index contributed by atoms with van der Waals surface area (Å²) in [6.45, 7) is 2.29. The zero-order chi connectivity index (χ0) is 13.7. The van der Waals surface area contributed by atoms with E-state index in [-0.39, 0.29) is 17.9 Å². The highest BCUT2D eigenvalue weighted by atomic mass is 16.5. The Labute approximate surface area is 112 Å². The number of hydrogen-bond donors (Lipinski definition) is 1. The smallest absolute Gasteiger partial charge is 0.228 e. The summed E-state index contributed by atoms with van der Waals surface area (Å²) < 4.78 is 10.0. The Hall–Kier alpha value is -1.43. The molecule has 1 aromatic heterocycles. The normalized spacial score (nSPS) is 17.6. The average molecular weight is 267 g/mol. The van der Waals surface area contributed by atoms with Crippen molar-refractivity contribution in [2.24, 2.45) is 5.92 Å².